The fourth-order valence-electron chi connectivity index (χ4n) is 3.81. The van der Waals surface area contributed by atoms with E-state index >= 15 is 0 Å². The molecule has 7 heteroatoms. The summed E-state index contributed by atoms with van der Waals surface area (Å²) in [6.45, 7) is 11.0. The van der Waals surface area contributed by atoms with Gasteiger partial charge in [0.25, 0.3) is 0 Å². The lowest BCUT2D eigenvalue weighted by molar-refractivity contribution is 0.153. The predicted octanol–water partition coefficient (Wildman–Crippen LogP) is 2.77. The van der Waals surface area contributed by atoms with Crippen molar-refractivity contribution < 1.29 is 0 Å². The van der Waals surface area contributed by atoms with Crippen LogP contribution in [0.2, 0.25) is 0 Å². The molecule has 2 aliphatic heterocycles. The van der Waals surface area contributed by atoms with Crippen molar-refractivity contribution in [1.82, 2.24) is 20.2 Å². The summed E-state index contributed by atoms with van der Waals surface area (Å²) in [5.41, 5.74) is 2.43. The second-order valence-corrected chi connectivity index (χ2v) is 8.50. The van der Waals surface area contributed by atoms with Crippen molar-refractivity contribution in [3.63, 3.8) is 0 Å². The van der Waals surface area contributed by atoms with E-state index < -0.39 is 0 Å². The first-order chi connectivity index (χ1) is 12.7. The summed E-state index contributed by atoms with van der Waals surface area (Å²) < 4.78 is 0. The van der Waals surface area contributed by atoms with Crippen LogP contribution in [-0.2, 0) is 0 Å². The van der Waals surface area contributed by atoms with Crippen LogP contribution in [-0.4, -0.2) is 60.2 Å². The van der Waals surface area contributed by atoms with Crippen molar-refractivity contribution in [2.45, 2.75) is 32.7 Å². The average molecular weight is 373 g/mol. The normalized spacial score (nSPS) is 19.7. The van der Waals surface area contributed by atoms with Crippen LogP contribution in [0.25, 0.3) is 0 Å². The molecule has 0 saturated carbocycles. The van der Waals surface area contributed by atoms with Gasteiger partial charge >= 0.3 is 0 Å². The Hall–Kier alpha value is -1.70. The van der Waals surface area contributed by atoms with Crippen LogP contribution in [0.1, 0.15) is 23.3 Å². The van der Waals surface area contributed by atoms with E-state index in [0.29, 0.717) is 5.95 Å². The molecule has 2 fully saturated rings. The Morgan fingerprint density at radius 2 is 1.77 bits per heavy atom. The quantitative estimate of drug-likeness (QED) is 0.861. The summed E-state index contributed by atoms with van der Waals surface area (Å²) in [5.74, 6) is 0.670. The van der Waals surface area contributed by atoms with Gasteiger partial charge in [0.2, 0.25) is 5.95 Å². The largest absolute Gasteiger partial charge is 0.366 e. The number of hydrogen-bond acceptors (Lipinski definition) is 7. The van der Waals surface area contributed by atoms with Crippen molar-refractivity contribution in [3.05, 3.63) is 28.9 Å². The number of piperazine rings is 1. The number of thiophene rings is 1. The summed E-state index contributed by atoms with van der Waals surface area (Å²) in [6.07, 6.45) is 6.46. The van der Waals surface area contributed by atoms with E-state index in [-0.39, 0.29) is 0 Å². The Morgan fingerprint density at radius 3 is 2.38 bits per heavy atom. The molecule has 6 nitrogen and oxygen atoms in total. The van der Waals surface area contributed by atoms with E-state index in [1.807, 2.05) is 12.4 Å². The van der Waals surface area contributed by atoms with Gasteiger partial charge in [-0.2, -0.15) is 0 Å². The van der Waals surface area contributed by atoms with Gasteiger partial charge in [0.1, 0.15) is 0 Å². The summed E-state index contributed by atoms with van der Waals surface area (Å²) in [4.78, 5) is 15.4. The Morgan fingerprint density at radius 1 is 1.08 bits per heavy atom. The van der Waals surface area contributed by atoms with Crippen LogP contribution >= 0.6 is 11.3 Å². The van der Waals surface area contributed by atoms with E-state index in [2.05, 4.69) is 50.3 Å². The second-order valence-electron chi connectivity index (χ2n) is 7.24. The lowest BCUT2D eigenvalue weighted by Crippen LogP contribution is -2.52. The minimum absolute atomic E-state index is 0.670. The molecule has 2 N–H and O–H groups in total. The number of nitrogens with zero attached hydrogens (tertiary/aromatic N) is 4. The predicted molar refractivity (Wildman–Crippen MR) is 109 cm³/mol. The van der Waals surface area contributed by atoms with Gasteiger partial charge in [0, 0.05) is 37.1 Å². The molecule has 0 aliphatic carbocycles. The first-order valence-electron chi connectivity index (χ1n) is 9.55. The minimum Gasteiger partial charge on any atom is -0.366 e. The Kier molecular flexibility index (Phi) is 5.38. The molecular weight excluding hydrogens is 344 g/mol. The van der Waals surface area contributed by atoms with E-state index in [0.717, 1.165) is 56.0 Å². The highest BCUT2D eigenvalue weighted by Crippen LogP contribution is 2.27. The van der Waals surface area contributed by atoms with E-state index in [1.165, 1.54) is 23.3 Å². The van der Waals surface area contributed by atoms with Crippen molar-refractivity contribution in [1.29, 1.82) is 0 Å². The molecule has 0 aromatic carbocycles. The molecule has 0 unspecified atom stereocenters. The third kappa shape index (κ3) is 4.00. The molecule has 2 aromatic heterocycles. The van der Waals surface area contributed by atoms with Crippen molar-refractivity contribution in [2.75, 3.05) is 49.5 Å². The molecule has 2 saturated heterocycles. The molecule has 26 heavy (non-hydrogen) atoms. The topological polar surface area (TPSA) is 56.3 Å². The molecule has 0 radical (unpaired) electrons. The number of hydrogen-bond donors (Lipinski definition) is 2. The molecular formula is C19H28N6S. The molecule has 2 aliphatic rings. The SMILES string of the molecule is Cc1cc(Nc2ncc(N3CCN(C4CCNCC4)CC3)cn2)sc1C. The lowest BCUT2D eigenvalue weighted by Gasteiger charge is -2.41. The van der Waals surface area contributed by atoms with Crippen LogP contribution in [0, 0.1) is 13.8 Å². The van der Waals surface area contributed by atoms with Crippen molar-refractivity contribution >= 4 is 28.0 Å². The number of aromatic nitrogens is 2. The molecule has 0 spiro atoms. The maximum atomic E-state index is 4.52. The van der Waals surface area contributed by atoms with E-state index in [4.69, 9.17) is 0 Å². The number of aryl methyl sites for hydroxylation is 2. The van der Waals surface area contributed by atoms with Gasteiger partial charge in [0.15, 0.2) is 0 Å². The summed E-state index contributed by atoms with van der Waals surface area (Å²) >= 11 is 1.74. The Bertz CT molecular complexity index is 695. The first-order valence-corrected chi connectivity index (χ1v) is 10.4. The van der Waals surface area contributed by atoms with Gasteiger partial charge in [-0.3, -0.25) is 4.90 Å². The standard InChI is InChI=1S/C19H28N6S/c1-14-11-18(26-15(14)2)23-19-21-12-17(13-22-19)25-9-7-24(8-10-25)16-3-5-20-6-4-16/h11-13,16,20H,3-10H2,1-2H3,(H,21,22,23). The Labute approximate surface area is 159 Å². The zero-order chi connectivity index (χ0) is 17.9. The number of nitrogens with one attached hydrogen (secondary N) is 2. The average Bonchev–Trinajstić information content (AvgIpc) is 3.00. The minimum atomic E-state index is 0.670. The van der Waals surface area contributed by atoms with Gasteiger partial charge in [-0.1, -0.05) is 0 Å². The second kappa shape index (κ2) is 7.90. The van der Waals surface area contributed by atoms with Crippen LogP contribution in [0.4, 0.5) is 16.6 Å². The maximum absolute atomic E-state index is 4.52. The molecule has 2 aromatic rings. The highest BCUT2D eigenvalue weighted by atomic mass is 32.1. The van der Waals surface area contributed by atoms with Crippen LogP contribution in [0.15, 0.2) is 18.5 Å². The molecule has 140 valence electrons. The number of anilines is 3. The van der Waals surface area contributed by atoms with Crippen LogP contribution in [0.3, 0.4) is 0 Å². The van der Waals surface area contributed by atoms with Gasteiger partial charge < -0.3 is 15.5 Å². The summed E-state index contributed by atoms with van der Waals surface area (Å²) in [5, 5.41) is 7.87. The Balaban J connectivity index is 1.32. The molecule has 4 rings (SSSR count). The highest BCUT2D eigenvalue weighted by molar-refractivity contribution is 7.16. The number of rotatable bonds is 4. The first kappa shape index (κ1) is 17.7. The molecule has 0 bridgehead atoms. The molecule has 4 heterocycles. The smallest absolute Gasteiger partial charge is 0.227 e. The van der Waals surface area contributed by atoms with Gasteiger partial charge in [-0.25, -0.2) is 9.97 Å². The zero-order valence-electron chi connectivity index (χ0n) is 15.7. The summed E-state index contributed by atoms with van der Waals surface area (Å²) in [7, 11) is 0. The van der Waals surface area contributed by atoms with Crippen LogP contribution < -0.4 is 15.5 Å². The molecule has 0 atom stereocenters. The van der Waals surface area contributed by atoms with Crippen molar-refractivity contribution in [2.24, 2.45) is 0 Å². The van der Waals surface area contributed by atoms with Gasteiger partial charge in [-0.15, -0.1) is 11.3 Å². The number of piperidine rings is 1. The fourth-order valence-corrected chi connectivity index (χ4v) is 4.74. The van der Waals surface area contributed by atoms with Crippen molar-refractivity contribution in [3.8, 4) is 0 Å². The van der Waals surface area contributed by atoms with E-state index in [9.17, 15) is 0 Å². The fraction of sp³-hybridized carbons (Fsp3) is 0.579. The lowest BCUT2D eigenvalue weighted by atomic mass is 10.0. The molecule has 0 amide bonds. The van der Waals surface area contributed by atoms with E-state index in [1.54, 1.807) is 11.3 Å². The van der Waals surface area contributed by atoms with Gasteiger partial charge in [0.05, 0.1) is 23.1 Å². The monoisotopic (exact) mass is 372 g/mol. The third-order valence-corrected chi connectivity index (χ3v) is 6.61. The third-order valence-electron chi connectivity index (χ3n) is 5.54. The van der Waals surface area contributed by atoms with Gasteiger partial charge in [-0.05, 0) is 51.4 Å². The summed E-state index contributed by atoms with van der Waals surface area (Å²) in [6, 6.07) is 2.91. The highest BCUT2D eigenvalue weighted by Gasteiger charge is 2.25. The van der Waals surface area contributed by atoms with Crippen LogP contribution in [0.5, 0.6) is 0 Å². The maximum Gasteiger partial charge on any atom is 0.227 e. The zero-order valence-corrected chi connectivity index (χ0v) is 16.5.